The fraction of sp³-hybridized carbons (Fsp3) is 0.0588. The molecule has 2 aliphatic heterocycles. The molecule has 0 bridgehead atoms. The Morgan fingerprint density at radius 1 is 0.188 bits per heavy atom. The summed E-state index contributed by atoms with van der Waals surface area (Å²) in [6.45, 7) is 9.42. The Balaban J connectivity index is 0.000000138. The summed E-state index contributed by atoms with van der Waals surface area (Å²) < 4.78 is 9.80. The Morgan fingerprint density at radius 3 is 1.11 bits per heavy atom. The first kappa shape index (κ1) is 64.7. The largest absolute Gasteiger partial charge is 0.309 e. The highest BCUT2D eigenvalue weighted by Crippen LogP contribution is 2.52. The van der Waals surface area contributed by atoms with Crippen LogP contribution >= 0.6 is 0 Å². The maximum absolute atomic E-state index is 5.21. The monoisotopic (exact) mass is 1430 g/mol. The van der Waals surface area contributed by atoms with Gasteiger partial charge in [0.25, 0.3) is 0 Å². The Kier molecular flexibility index (Phi) is 14.5. The van der Waals surface area contributed by atoms with E-state index < -0.39 is 0 Å². The maximum atomic E-state index is 5.21. The number of nitrogens with zero attached hydrogens (tertiary/aromatic N) is 10. The smallest absolute Gasteiger partial charge is 0.164 e. The van der Waals surface area contributed by atoms with Gasteiger partial charge in [-0.1, -0.05) is 282 Å². The lowest BCUT2D eigenvalue weighted by Crippen LogP contribution is -2.26. The van der Waals surface area contributed by atoms with Crippen LogP contribution in [-0.4, -0.2) is 48.2 Å². The molecule has 112 heavy (non-hydrogen) atoms. The minimum atomic E-state index is -0.295. The lowest BCUT2D eigenvalue weighted by atomic mass is 9.74. The molecule has 0 fully saturated rings. The molecule has 15 aromatic carbocycles. The van der Waals surface area contributed by atoms with Crippen LogP contribution in [0.4, 0.5) is 0 Å². The molecule has 6 aromatic heterocycles. The Labute approximate surface area is 646 Å². The predicted octanol–water partition coefficient (Wildman–Crippen LogP) is 25.1. The third kappa shape index (κ3) is 10.0. The van der Waals surface area contributed by atoms with Gasteiger partial charge in [-0.2, -0.15) is 0 Å². The Hall–Kier alpha value is -14.5. The molecule has 10 nitrogen and oxygen atoms in total. The van der Waals surface area contributed by atoms with E-state index in [2.05, 4.69) is 301 Å². The summed E-state index contributed by atoms with van der Waals surface area (Å²) in [7, 11) is 0. The quantitative estimate of drug-likeness (QED) is 0.143. The number of para-hydroxylation sites is 5. The summed E-state index contributed by atoms with van der Waals surface area (Å²) in [4.78, 5) is 30.4. The van der Waals surface area contributed by atoms with E-state index in [0.29, 0.717) is 34.9 Å². The van der Waals surface area contributed by atoms with E-state index in [1.807, 2.05) is 97.1 Å². The zero-order chi connectivity index (χ0) is 74.5. The van der Waals surface area contributed by atoms with Crippen molar-refractivity contribution in [2.45, 2.75) is 38.5 Å². The van der Waals surface area contributed by atoms with Gasteiger partial charge >= 0.3 is 0 Å². The predicted molar refractivity (Wildman–Crippen MR) is 459 cm³/mol. The summed E-state index contributed by atoms with van der Waals surface area (Å²) in [6.07, 6.45) is 0. The maximum Gasteiger partial charge on any atom is 0.164 e. The van der Waals surface area contributed by atoms with Crippen molar-refractivity contribution >= 4 is 87.2 Å². The van der Waals surface area contributed by atoms with Crippen LogP contribution in [0.15, 0.2) is 352 Å². The van der Waals surface area contributed by atoms with Crippen molar-refractivity contribution in [1.29, 1.82) is 0 Å². The molecule has 0 saturated heterocycles. The van der Waals surface area contributed by atoms with E-state index >= 15 is 0 Å². The fourth-order valence-corrected chi connectivity index (χ4v) is 18.1. The second-order valence-corrected chi connectivity index (χ2v) is 30.6. The minimum Gasteiger partial charge on any atom is -0.309 e. The van der Waals surface area contributed by atoms with E-state index in [-0.39, 0.29) is 10.8 Å². The van der Waals surface area contributed by atoms with Gasteiger partial charge in [0.15, 0.2) is 34.9 Å². The topological polar surface area (TPSA) is 97.1 Å². The molecule has 0 radical (unpaired) electrons. The van der Waals surface area contributed by atoms with Gasteiger partial charge in [0.1, 0.15) is 0 Å². The van der Waals surface area contributed by atoms with Crippen LogP contribution in [-0.2, 0) is 10.8 Å². The highest BCUT2D eigenvalue weighted by atomic mass is 15.1. The Bertz CT molecular complexity index is 7250. The third-order valence-electron chi connectivity index (χ3n) is 23.5. The van der Waals surface area contributed by atoms with Crippen molar-refractivity contribution in [3.05, 3.63) is 374 Å². The third-order valence-corrected chi connectivity index (χ3v) is 23.5. The first-order valence-electron chi connectivity index (χ1n) is 38.3. The number of rotatable bonds is 9. The lowest BCUT2D eigenvalue weighted by Gasteiger charge is -2.35. The minimum absolute atomic E-state index is 0.236. The van der Waals surface area contributed by atoms with Gasteiger partial charge < -0.3 is 18.3 Å². The van der Waals surface area contributed by atoms with Crippen molar-refractivity contribution < 1.29 is 0 Å². The van der Waals surface area contributed by atoms with Gasteiger partial charge in [0, 0.05) is 98.7 Å². The molecule has 23 rings (SSSR count). The highest BCUT2D eigenvalue weighted by molar-refractivity contribution is 6.16. The Morgan fingerprint density at radius 2 is 0.554 bits per heavy atom. The zero-order valence-electron chi connectivity index (χ0n) is 62.0. The second-order valence-electron chi connectivity index (χ2n) is 30.6. The first-order chi connectivity index (χ1) is 55.1. The fourth-order valence-electron chi connectivity index (χ4n) is 18.1. The number of fused-ring (bicyclic) bond motifs is 16. The molecular formula is C102H70N10. The van der Waals surface area contributed by atoms with Crippen LogP contribution in [0.2, 0.25) is 0 Å². The molecule has 10 heteroatoms. The molecule has 0 spiro atoms. The van der Waals surface area contributed by atoms with E-state index in [4.69, 9.17) is 29.9 Å². The van der Waals surface area contributed by atoms with Crippen LogP contribution in [0.1, 0.15) is 49.9 Å². The van der Waals surface area contributed by atoms with E-state index in [1.165, 1.54) is 132 Å². The zero-order valence-corrected chi connectivity index (χ0v) is 62.0. The van der Waals surface area contributed by atoms with Gasteiger partial charge in [-0.3, -0.25) is 0 Å². The van der Waals surface area contributed by atoms with Crippen molar-refractivity contribution in [1.82, 2.24) is 48.2 Å². The molecule has 0 atom stereocenters. The van der Waals surface area contributed by atoms with Gasteiger partial charge in [0.2, 0.25) is 0 Å². The molecule has 21 aromatic rings. The molecule has 0 amide bonds. The molecule has 8 heterocycles. The summed E-state index contributed by atoms with van der Waals surface area (Å²) in [6, 6.07) is 125. The molecule has 0 unspecified atom stereocenters. The molecule has 0 aliphatic carbocycles. The molecule has 0 N–H and O–H groups in total. The van der Waals surface area contributed by atoms with Crippen molar-refractivity contribution in [3.8, 4) is 102 Å². The van der Waals surface area contributed by atoms with Gasteiger partial charge in [-0.25, -0.2) is 29.9 Å². The number of aromatic nitrogens is 10. The van der Waals surface area contributed by atoms with Gasteiger partial charge in [-0.15, -0.1) is 0 Å². The average Bonchev–Trinajstić information content (AvgIpc) is 1.51. The van der Waals surface area contributed by atoms with Crippen LogP contribution in [0, 0.1) is 0 Å². The summed E-state index contributed by atoms with van der Waals surface area (Å²) in [5, 5.41) is 9.76. The van der Waals surface area contributed by atoms with Crippen molar-refractivity contribution in [2.24, 2.45) is 0 Å². The molecule has 528 valence electrons. The first-order valence-corrected chi connectivity index (χ1v) is 38.3. The van der Waals surface area contributed by atoms with E-state index in [1.54, 1.807) is 0 Å². The summed E-state index contributed by atoms with van der Waals surface area (Å²) >= 11 is 0. The van der Waals surface area contributed by atoms with Gasteiger partial charge in [0.05, 0.1) is 55.5 Å². The van der Waals surface area contributed by atoms with E-state index in [0.717, 1.165) is 44.6 Å². The molecule has 0 saturated carbocycles. The lowest BCUT2D eigenvalue weighted by molar-refractivity contribution is 0.629. The van der Waals surface area contributed by atoms with Crippen molar-refractivity contribution in [3.63, 3.8) is 0 Å². The van der Waals surface area contributed by atoms with Gasteiger partial charge in [-0.05, 0) is 130 Å². The van der Waals surface area contributed by atoms with Crippen molar-refractivity contribution in [2.75, 3.05) is 0 Å². The summed E-state index contributed by atoms with van der Waals surface area (Å²) in [5.74, 6) is 3.93. The highest BCUT2D eigenvalue weighted by Gasteiger charge is 2.38. The van der Waals surface area contributed by atoms with Crippen LogP contribution < -0.4 is 0 Å². The number of hydrogen-bond acceptors (Lipinski definition) is 6. The van der Waals surface area contributed by atoms with Crippen LogP contribution in [0.3, 0.4) is 0 Å². The average molecular weight is 1440 g/mol. The SMILES string of the molecule is CC1(C)c2cc(-n3c4ccccc4c4ccccc43)ccc2-n2c3ccc(-c4nc(-c5ccccc5)nc(-c5ccccc5)n4)cc3c3cccc1c32.CC1(C)c2ccccc2-n2c3ccc(-n4c5ccccc5c5ccc(-c6ccccc6)cc54)cc3c3cc(-c4nc(-c5ccccc5)nc(-c5ccccc5)n4)cc1c32. The van der Waals surface area contributed by atoms with Crippen LogP contribution in [0.5, 0.6) is 0 Å². The summed E-state index contributed by atoms with van der Waals surface area (Å²) in [5.41, 5.74) is 27.1. The number of benzene rings is 15. The van der Waals surface area contributed by atoms with Crippen LogP contribution in [0.25, 0.3) is 189 Å². The van der Waals surface area contributed by atoms with E-state index in [9.17, 15) is 0 Å². The normalized spacial score (nSPS) is 13.1. The standard InChI is InChI=1S/C54H37N5.C48H33N5/c1-54(2)44-23-13-15-25-48(44)59-47-29-27-39(58-46-24-14-12-22-40(46)41-28-26-37(32-49(41)58)34-16-6-3-7-17-34)33-42(47)43-30-38(31-45(54)50(43)59)53-56-51(35-18-8-4-9-19-35)55-52(57-53)36-20-10-5-11-21-36;1-48(2)38-21-13-20-36-37-28-32(47-50-45(30-14-5-3-6-15-30)49-46(51-47)31-16-7-4-8-17-31)24-26-42(37)53(44(36)38)43-27-25-33(29-39(43)48)52-40-22-11-9-18-34(40)35-19-10-12-23-41(35)52/h3-33H,1-2H3;3-29H,1-2H3. The number of hydrogen-bond donors (Lipinski definition) is 0. The molecular weight excluding hydrogens is 1370 g/mol. The second kappa shape index (κ2) is 25.0. The molecule has 2 aliphatic rings.